The predicted octanol–water partition coefficient (Wildman–Crippen LogP) is 5.95. The molecule has 2 unspecified atom stereocenters. The van der Waals surface area contributed by atoms with Crippen LogP contribution in [0.5, 0.6) is 11.5 Å². The number of hydrogen-bond acceptors (Lipinski definition) is 4. The molecule has 2 aliphatic heterocycles. The Kier molecular flexibility index (Phi) is 5.65. The van der Waals surface area contributed by atoms with Gasteiger partial charge in [-0.15, -0.1) is 0 Å². The zero-order valence-electron chi connectivity index (χ0n) is 17.5. The van der Waals surface area contributed by atoms with Crippen LogP contribution in [-0.4, -0.2) is 30.8 Å². The summed E-state index contributed by atoms with van der Waals surface area (Å²) in [5, 5.41) is 1.18. The Morgan fingerprint density at radius 2 is 1.43 bits per heavy atom. The lowest BCUT2D eigenvalue weighted by Crippen LogP contribution is -2.24. The van der Waals surface area contributed by atoms with Crippen LogP contribution in [0.25, 0.3) is 22.2 Å². The molecule has 1 N–H and O–H groups in total. The molecular weight excluding hydrogens is 378 g/mol. The van der Waals surface area contributed by atoms with Crippen LogP contribution in [-0.2, 0) is 9.47 Å². The molecule has 2 fully saturated rings. The Morgan fingerprint density at radius 1 is 0.800 bits per heavy atom. The number of benzene rings is 2. The lowest BCUT2D eigenvalue weighted by Gasteiger charge is -2.23. The number of nitrogens with one attached hydrogen (secondary N) is 1. The first kappa shape index (κ1) is 19.5. The van der Waals surface area contributed by atoms with E-state index < -0.39 is 0 Å². The highest BCUT2D eigenvalue weighted by atomic mass is 16.7. The van der Waals surface area contributed by atoms with Crippen molar-refractivity contribution in [2.45, 2.75) is 58.0 Å². The van der Waals surface area contributed by atoms with Crippen molar-refractivity contribution in [3.05, 3.63) is 48.0 Å². The molecule has 0 saturated carbocycles. The standard InChI is InChI=1S/C25H29NO4/c1-17-21-16-20(30-24-7-3-5-15-28-24)12-13-22(21)26-25(17)18-8-10-19(11-9-18)29-23-6-2-4-14-27-23/h8-13,16,23-24,26H,2-7,14-15H2,1H3. The van der Waals surface area contributed by atoms with Crippen molar-refractivity contribution < 1.29 is 18.9 Å². The van der Waals surface area contributed by atoms with E-state index in [-0.39, 0.29) is 12.6 Å². The third kappa shape index (κ3) is 4.18. The molecule has 2 saturated heterocycles. The molecule has 5 rings (SSSR count). The maximum atomic E-state index is 6.06. The summed E-state index contributed by atoms with van der Waals surface area (Å²) < 4.78 is 23.4. The second kappa shape index (κ2) is 8.70. The van der Waals surface area contributed by atoms with Gasteiger partial charge in [0.1, 0.15) is 11.5 Å². The second-order valence-electron chi connectivity index (χ2n) is 8.18. The van der Waals surface area contributed by atoms with Crippen molar-refractivity contribution in [1.82, 2.24) is 4.98 Å². The molecule has 158 valence electrons. The molecule has 2 atom stereocenters. The number of aromatic nitrogens is 1. The topological polar surface area (TPSA) is 52.7 Å². The highest BCUT2D eigenvalue weighted by Crippen LogP contribution is 2.33. The van der Waals surface area contributed by atoms with Gasteiger partial charge < -0.3 is 23.9 Å². The van der Waals surface area contributed by atoms with Gasteiger partial charge in [0.15, 0.2) is 12.6 Å². The number of aromatic amines is 1. The van der Waals surface area contributed by atoms with E-state index in [1.807, 2.05) is 18.2 Å². The third-order valence-corrected chi connectivity index (χ3v) is 5.98. The quantitative estimate of drug-likeness (QED) is 0.567. The number of aryl methyl sites for hydroxylation is 1. The molecule has 0 bridgehead atoms. The maximum Gasteiger partial charge on any atom is 0.199 e. The Bertz CT molecular complexity index is 982. The monoisotopic (exact) mass is 407 g/mol. The van der Waals surface area contributed by atoms with Gasteiger partial charge in [0.05, 0.1) is 13.2 Å². The van der Waals surface area contributed by atoms with Gasteiger partial charge in [0.2, 0.25) is 0 Å². The minimum Gasteiger partial charge on any atom is -0.465 e. The number of hydrogen-bond donors (Lipinski definition) is 1. The minimum atomic E-state index is -0.129. The van der Waals surface area contributed by atoms with Gasteiger partial charge in [0, 0.05) is 29.4 Å². The van der Waals surface area contributed by atoms with Crippen molar-refractivity contribution in [3.63, 3.8) is 0 Å². The van der Waals surface area contributed by atoms with E-state index >= 15 is 0 Å². The van der Waals surface area contributed by atoms with E-state index in [4.69, 9.17) is 18.9 Å². The summed E-state index contributed by atoms with van der Waals surface area (Å²) in [5.41, 5.74) is 4.58. The summed E-state index contributed by atoms with van der Waals surface area (Å²) in [7, 11) is 0. The second-order valence-corrected chi connectivity index (χ2v) is 8.18. The molecule has 0 radical (unpaired) electrons. The Morgan fingerprint density at radius 3 is 2.07 bits per heavy atom. The fourth-order valence-corrected chi connectivity index (χ4v) is 4.28. The van der Waals surface area contributed by atoms with Crippen LogP contribution < -0.4 is 9.47 Å². The lowest BCUT2D eigenvalue weighted by atomic mass is 10.1. The Hall–Kier alpha value is -2.50. The Labute approximate surface area is 177 Å². The van der Waals surface area contributed by atoms with Crippen molar-refractivity contribution in [3.8, 4) is 22.8 Å². The zero-order chi connectivity index (χ0) is 20.3. The number of ether oxygens (including phenoxy) is 4. The molecule has 3 aromatic rings. The van der Waals surface area contributed by atoms with Gasteiger partial charge in [-0.3, -0.25) is 0 Å². The average Bonchev–Trinajstić information content (AvgIpc) is 3.12. The molecule has 0 spiro atoms. The first-order valence-corrected chi connectivity index (χ1v) is 11.1. The maximum absolute atomic E-state index is 6.06. The minimum absolute atomic E-state index is 0.119. The van der Waals surface area contributed by atoms with Crippen LogP contribution in [0.3, 0.4) is 0 Å². The smallest absolute Gasteiger partial charge is 0.199 e. The summed E-state index contributed by atoms with van der Waals surface area (Å²) in [4.78, 5) is 3.56. The summed E-state index contributed by atoms with van der Waals surface area (Å²) in [5.74, 6) is 1.71. The van der Waals surface area contributed by atoms with Crippen LogP contribution in [0, 0.1) is 6.92 Å². The highest BCUT2D eigenvalue weighted by molar-refractivity contribution is 5.91. The molecule has 2 aliphatic rings. The summed E-state index contributed by atoms with van der Waals surface area (Å²) in [6.07, 6.45) is 6.23. The van der Waals surface area contributed by atoms with E-state index in [1.165, 1.54) is 10.9 Å². The van der Waals surface area contributed by atoms with Gasteiger partial charge in [0.25, 0.3) is 0 Å². The number of fused-ring (bicyclic) bond motifs is 1. The van der Waals surface area contributed by atoms with E-state index in [9.17, 15) is 0 Å². The van der Waals surface area contributed by atoms with E-state index in [2.05, 4.69) is 36.2 Å². The molecule has 1 aromatic heterocycles. The molecule has 5 nitrogen and oxygen atoms in total. The normalized spacial score (nSPS) is 22.2. The van der Waals surface area contributed by atoms with Crippen LogP contribution in [0.1, 0.15) is 44.1 Å². The van der Waals surface area contributed by atoms with Gasteiger partial charge in [-0.25, -0.2) is 0 Å². The Balaban J connectivity index is 1.34. The molecule has 2 aromatic carbocycles. The fraction of sp³-hybridized carbons (Fsp3) is 0.440. The largest absolute Gasteiger partial charge is 0.465 e. The van der Waals surface area contributed by atoms with E-state index in [0.717, 1.165) is 80.0 Å². The van der Waals surface area contributed by atoms with Gasteiger partial charge in [-0.05, 0) is 86.2 Å². The number of rotatable bonds is 5. The van der Waals surface area contributed by atoms with Crippen LogP contribution >= 0.6 is 0 Å². The molecule has 5 heteroatoms. The molecule has 0 aliphatic carbocycles. The summed E-state index contributed by atoms with van der Waals surface area (Å²) in [6, 6.07) is 14.5. The molecule has 3 heterocycles. The molecular formula is C25H29NO4. The molecule has 0 amide bonds. The van der Waals surface area contributed by atoms with Gasteiger partial charge in [-0.1, -0.05) is 0 Å². The highest BCUT2D eigenvalue weighted by Gasteiger charge is 2.17. The van der Waals surface area contributed by atoms with E-state index in [1.54, 1.807) is 0 Å². The van der Waals surface area contributed by atoms with Crippen molar-refractivity contribution in [2.24, 2.45) is 0 Å². The summed E-state index contributed by atoms with van der Waals surface area (Å²) >= 11 is 0. The fourth-order valence-electron chi connectivity index (χ4n) is 4.28. The van der Waals surface area contributed by atoms with Crippen LogP contribution in [0.2, 0.25) is 0 Å². The van der Waals surface area contributed by atoms with Gasteiger partial charge >= 0.3 is 0 Å². The first-order valence-electron chi connectivity index (χ1n) is 11.1. The van der Waals surface area contributed by atoms with Crippen molar-refractivity contribution in [1.29, 1.82) is 0 Å². The van der Waals surface area contributed by atoms with Gasteiger partial charge in [-0.2, -0.15) is 0 Å². The first-order chi connectivity index (χ1) is 14.8. The average molecular weight is 408 g/mol. The lowest BCUT2D eigenvalue weighted by molar-refractivity contribution is -0.106. The summed E-state index contributed by atoms with van der Waals surface area (Å²) in [6.45, 7) is 3.72. The molecule has 30 heavy (non-hydrogen) atoms. The SMILES string of the molecule is Cc1c(-c2ccc(OC3CCCCO3)cc2)[nH]c2ccc(OC3CCCCO3)cc12. The number of H-pyrrole nitrogens is 1. The van der Waals surface area contributed by atoms with Crippen molar-refractivity contribution in [2.75, 3.05) is 13.2 Å². The van der Waals surface area contributed by atoms with E-state index in [0.29, 0.717) is 0 Å². The zero-order valence-corrected chi connectivity index (χ0v) is 17.5. The predicted molar refractivity (Wildman–Crippen MR) is 117 cm³/mol. The third-order valence-electron chi connectivity index (χ3n) is 5.98. The van der Waals surface area contributed by atoms with Crippen LogP contribution in [0.4, 0.5) is 0 Å². The van der Waals surface area contributed by atoms with Crippen molar-refractivity contribution >= 4 is 10.9 Å². The van der Waals surface area contributed by atoms with Crippen LogP contribution in [0.15, 0.2) is 42.5 Å².